The normalized spacial score (nSPS) is 12.3. The summed E-state index contributed by atoms with van der Waals surface area (Å²) in [5.74, 6) is 0. The van der Waals surface area contributed by atoms with Gasteiger partial charge in [-0.25, -0.2) is 4.98 Å². The van der Waals surface area contributed by atoms with E-state index in [0.717, 1.165) is 24.6 Å². The highest BCUT2D eigenvalue weighted by Crippen LogP contribution is 2.17. The lowest BCUT2D eigenvalue weighted by Gasteiger charge is -2.21. The van der Waals surface area contributed by atoms with Gasteiger partial charge in [0.25, 0.3) is 0 Å². The van der Waals surface area contributed by atoms with Gasteiger partial charge in [-0.1, -0.05) is 12.1 Å². The Kier molecular flexibility index (Phi) is 5.56. The third-order valence-corrected chi connectivity index (χ3v) is 4.46. The van der Waals surface area contributed by atoms with E-state index in [0.29, 0.717) is 6.04 Å². The maximum absolute atomic E-state index is 4.34. The van der Waals surface area contributed by atoms with Gasteiger partial charge in [-0.3, -0.25) is 0 Å². The molecule has 4 heteroatoms. The Morgan fingerprint density at radius 3 is 2.45 bits per heavy atom. The molecular weight excluding hydrogens is 266 g/mol. The van der Waals surface area contributed by atoms with Crippen molar-refractivity contribution in [1.82, 2.24) is 10.3 Å². The van der Waals surface area contributed by atoms with Gasteiger partial charge in [-0.2, -0.15) is 0 Å². The Morgan fingerprint density at radius 1 is 1.20 bits per heavy atom. The molecule has 0 aliphatic carbocycles. The minimum atomic E-state index is 0.303. The van der Waals surface area contributed by atoms with Crippen LogP contribution in [0.3, 0.4) is 0 Å². The van der Waals surface area contributed by atoms with Gasteiger partial charge in [0.2, 0.25) is 0 Å². The molecule has 0 aliphatic rings. The van der Waals surface area contributed by atoms with Crippen LogP contribution in [0.25, 0.3) is 0 Å². The van der Waals surface area contributed by atoms with Crippen LogP contribution < -0.4 is 10.2 Å². The van der Waals surface area contributed by atoms with Gasteiger partial charge in [0.05, 0.1) is 6.04 Å². The Bertz CT molecular complexity index is 489. The third kappa shape index (κ3) is 3.81. The summed E-state index contributed by atoms with van der Waals surface area (Å²) in [5, 5.41) is 6.68. The average molecular weight is 289 g/mol. The molecule has 108 valence electrons. The predicted octanol–water partition coefficient (Wildman–Crippen LogP) is 3.84. The molecule has 0 saturated heterocycles. The molecule has 1 heterocycles. The van der Waals surface area contributed by atoms with E-state index >= 15 is 0 Å². The van der Waals surface area contributed by atoms with Crippen molar-refractivity contribution in [2.45, 2.75) is 33.4 Å². The van der Waals surface area contributed by atoms with Crippen LogP contribution in [0, 0.1) is 0 Å². The van der Waals surface area contributed by atoms with Crippen molar-refractivity contribution in [2.24, 2.45) is 0 Å². The minimum absolute atomic E-state index is 0.303. The van der Waals surface area contributed by atoms with Crippen molar-refractivity contribution < 1.29 is 0 Å². The van der Waals surface area contributed by atoms with E-state index in [1.807, 2.05) is 11.6 Å². The summed E-state index contributed by atoms with van der Waals surface area (Å²) in [6, 6.07) is 9.12. The fourth-order valence-electron chi connectivity index (χ4n) is 2.22. The van der Waals surface area contributed by atoms with Crippen LogP contribution in [0.4, 0.5) is 5.69 Å². The van der Waals surface area contributed by atoms with Crippen LogP contribution in [0.5, 0.6) is 0 Å². The number of thiazole rings is 1. The van der Waals surface area contributed by atoms with Crippen LogP contribution in [-0.2, 0) is 6.54 Å². The Morgan fingerprint density at radius 2 is 1.90 bits per heavy atom. The number of hydrogen-bond acceptors (Lipinski definition) is 4. The molecule has 0 aliphatic heterocycles. The van der Waals surface area contributed by atoms with E-state index < -0.39 is 0 Å². The van der Waals surface area contributed by atoms with Gasteiger partial charge >= 0.3 is 0 Å². The first-order valence-corrected chi connectivity index (χ1v) is 8.09. The quantitative estimate of drug-likeness (QED) is 0.839. The maximum Gasteiger partial charge on any atom is 0.109 e. The summed E-state index contributed by atoms with van der Waals surface area (Å²) >= 11 is 1.70. The molecule has 0 spiro atoms. The molecule has 0 bridgehead atoms. The van der Waals surface area contributed by atoms with E-state index in [4.69, 9.17) is 0 Å². The highest BCUT2D eigenvalue weighted by atomic mass is 32.1. The fourth-order valence-corrected chi connectivity index (χ4v) is 2.89. The molecule has 0 amide bonds. The van der Waals surface area contributed by atoms with Crippen LogP contribution in [0.15, 0.2) is 35.8 Å². The molecule has 1 aromatic heterocycles. The van der Waals surface area contributed by atoms with Gasteiger partial charge in [-0.15, -0.1) is 11.3 Å². The lowest BCUT2D eigenvalue weighted by Crippen LogP contribution is -2.22. The molecule has 2 aromatic rings. The van der Waals surface area contributed by atoms with E-state index in [-0.39, 0.29) is 0 Å². The van der Waals surface area contributed by atoms with Gasteiger partial charge in [0, 0.05) is 36.9 Å². The highest BCUT2D eigenvalue weighted by molar-refractivity contribution is 7.09. The Hall–Kier alpha value is -1.39. The SMILES string of the molecule is CCN(CC)c1ccc(CNC(C)c2nccs2)cc1. The summed E-state index contributed by atoms with van der Waals surface area (Å²) < 4.78 is 0. The molecule has 1 N–H and O–H groups in total. The van der Waals surface area contributed by atoms with E-state index in [2.05, 4.69) is 60.2 Å². The Labute approximate surface area is 125 Å². The van der Waals surface area contributed by atoms with Crippen molar-refractivity contribution >= 4 is 17.0 Å². The number of anilines is 1. The van der Waals surface area contributed by atoms with Crippen LogP contribution >= 0.6 is 11.3 Å². The summed E-state index contributed by atoms with van der Waals surface area (Å²) in [6.07, 6.45) is 1.86. The van der Waals surface area contributed by atoms with Gasteiger partial charge < -0.3 is 10.2 Å². The smallest absolute Gasteiger partial charge is 0.109 e. The van der Waals surface area contributed by atoms with Crippen LogP contribution in [0.2, 0.25) is 0 Å². The van der Waals surface area contributed by atoms with Gasteiger partial charge in [0.15, 0.2) is 0 Å². The fraction of sp³-hybridized carbons (Fsp3) is 0.438. The summed E-state index contributed by atoms with van der Waals surface area (Å²) in [6.45, 7) is 9.51. The van der Waals surface area contributed by atoms with Gasteiger partial charge in [0.1, 0.15) is 5.01 Å². The lowest BCUT2D eigenvalue weighted by molar-refractivity contribution is 0.572. The summed E-state index contributed by atoms with van der Waals surface area (Å²) in [7, 11) is 0. The van der Waals surface area contributed by atoms with Crippen molar-refractivity contribution in [1.29, 1.82) is 0 Å². The molecule has 0 saturated carbocycles. The number of aromatic nitrogens is 1. The zero-order valence-electron chi connectivity index (χ0n) is 12.5. The van der Waals surface area contributed by atoms with Crippen molar-refractivity contribution in [2.75, 3.05) is 18.0 Å². The van der Waals surface area contributed by atoms with Crippen LogP contribution in [-0.4, -0.2) is 18.1 Å². The van der Waals surface area contributed by atoms with Gasteiger partial charge in [-0.05, 0) is 38.5 Å². The standard InChI is InChI=1S/C16H23N3S/c1-4-19(5-2)15-8-6-14(7-9-15)12-18-13(3)16-17-10-11-20-16/h6-11,13,18H,4-5,12H2,1-3H3. The zero-order valence-corrected chi connectivity index (χ0v) is 13.3. The highest BCUT2D eigenvalue weighted by Gasteiger charge is 2.07. The number of benzene rings is 1. The molecule has 0 fully saturated rings. The molecule has 0 radical (unpaired) electrons. The van der Waals surface area contributed by atoms with Crippen molar-refractivity contribution in [3.8, 4) is 0 Å². The monoisotopic (exact) mass is 289 g/mol. The first-order chi connectivity index (χ1) is 9.74. The lowest BCUT2D eigenvalue weighted by atomic mass is 10.2. The molecule has 1 unspecified atom stereocenters. The molecule has 1 atom stereocenters. The van der Waals surface area contributed by atoms with Crippen LogP contribution in [0.1, 0.15) is 37.4 Å². The first-order valence-electron chi connectivity index (χ1n) is 7.21. The number of nitrogens with zero attached hydrogens (tertiary/aromatic N) is 2. The molecular formula is C16H23N3S. The Balaban J connectivity index is 1.91. The number of hydrogen-bond donors (Lipinski definition) is 1. The topological polar surface area (TPSA) is 28.2 Å². The van der Waals surface area contributed by atoms with E-state index in [1.54, 1.807) is 11.3 Å². The zero-order chi connectivity index (χ0) is 14.4. The first kappa shape index (κ1) is 15.0. The van der Waals surface area contributed by atoms with Crippen molar-refractivity contribution in [3.05, 3.63) is 46.4 Å². The minimum Gasteiger partial charge on any atom is -0.372 e. The molecule has 1 aromatic carbocycles. The van der Waals surface area contributed by atoms with E-state index in [1.165, 1.54) is 11.3 Å². The average Bonchev–Trinajstić information content (AvgIpc) is 3.01. The largest absolute Gasteiger partial charge is 0.372 e. The molecule has 3 nitrogen and oxygen atoms in total. The summed E-state index contributed by atoms with van der Waals surface area (Å²) in [4.78, 5) is 6.69. The second-order valence-electron chi connectivity index (χ2n) is 4.81. The predicted molar refractivity (Wildman–Crippen MR) is 87.4 cm³/mol. The summed E-state index contributed by atoms with van der Waals surface area (Å²) in [5.41, 5.74) is 2.61. The van der Waals surface area contributed by atoms with E-state index in [9.17, 15) is 0 Å². The molecule has 20 heavy (non-hydrogen) atoms. The second kappa shape index (κ2) is 7.41. The van der Waals surface area contributed by atoms with Crippen molar-refractivity contribution in [3.63, 3.8) is 0 Å². The third-order valence-electron chi connectivity index (χ3n) is 3.50. The number of nitrogens with one attached hydrogen (secondary N) is 1. The second-order valence-corrected chi connectivity index (χ2v) is 5.74. The molecule has 2 rings (SSSR count). The number of rotatable bonds is 7. The maximum atomic E-state index is 4.34.